The van der Waals surface area contributed by atoms with Crippen LogP contribution in [0.25, 0.3) is 10.6 Å². The van der Waals surface area contributed by atoms with Crippen molar-refractivity contribution in [2.75, 3.05) is 13.1 Å². The predicted octanol–water partition coefficient (Wildman–Crippen LogP) is 2.83. The Hall–Kier alpha value is -1.27. The van der Waals surface area contributed by atoms with Gasteiger partial charge in [-0.2, -0.15) is 0 Å². The first-order valence-corrected chi connectivity index (χ1v) is 9.49. The van der Waals surface area contributed by atoms with E-state index in [4.69, 9.17) is 0 Å². The Labute approximate surface area is 146 Å². The fourth-order valence-electron chi connectivity index (χ4n) is 4.07. The molecule has 1 saturated carbocycles. The summed E-state index contributed by atoms with van der Waals surface area (Å²) in [5, 5.41) is 21.2. The van der Waals surface area contributed by atoms with Crippen LogP contribution in [0.3, 0.4) is 0 Å². The van der Waals surface area contributed by atoms with Crippen molar-refractivity contribution in [3.05, 3.63) is 40.9 Å². The molecule has 1 aliphatic heterocycles. The van der Waals surface area contributed by atoms with Gasteiger partial charge in [0.25, 0.3) is 0 Å². The summed E-state index contributed by atoms with van der Waals surface area (Å²) in [6.07, 6.45) is 3.69. The van der Waals surface area contributed by atoms with Gasteiger partial charge in [0.1, 0.15) is 5.01 Å². The standard InChI is InChI=1S/C19H24N2O2S/c1-13-4-2-3-5-15(13)18-20-11-14(24-18)12-21-8-6-19(7-9-21)16(22)10-17(19)23/h2-5,11,16-17,22-23H,6-10,12H2,1H3/t16-,17+. The van der Waals surface area contributed by atoms with Crippen molar-refractivity contribution in [3.8, 4) is 10.6 Å². The number of aliphatic hydroxyl groups excluding tert-OH is 2. The van der Waals surface area contributed by atoms with E-state index < -0.39 is 0 Å². The summed E-state index contributed by atoms with van der Waals surface area (Å²) < 4.78 is 0. The number of likely N-dealkylation sites (tertiary alicyclic amines) is 1. The molecule has 2 aliphatic rings. The van der Waals surface area contributed by atoms with Gasteiger partial charge in [-0.25, -0.2) is 4.98 Å². The Bertz CT molecular complexity index is 712. The van der Waals surface area contributed by atoms with E-state index in [0.29, 0.717) is 6.42 Å². The lowest BCUT2D eigenvalue weighted by Crippen LogP contribution is -2.61. The maximum atomic E-state index is 10.0. The van der Waals surface area contributed by atoms with Gasteiger partial charge in [-0.3, -0.25) is 4.90 Å². The minimum Gasteiger partial charge on any atom is -0.392 e. The number of aryl methyl sites for hydroxylation is 1. The molecule has 2 aromatic rings. The number of piperidine rings is 1. The minimum atomic E-state index is -0.314. The molecule has 2 N–H and O–H groups in total. The lowest BCUT2D eigenvalue weighted by Gasteiger charge is -2.55. The molecule has 0 unspecified atom stereocenters. The summed E-state index contributed by atoms with van der Waals surface area (Å²) in [5.74, 6) is 0. The molecule has 1 aromatic carbocycles. The van der Waals surface area contributed by atoms with Crippen LogP contribution >= 0.6 is 11.3 Å². The fraction of sp³-hybridized carbons (Fsp3) is 0.526. The van der Waals surface area contributed by atoms with Crippen molar-refractivity contribution < 1.29 is 10.2 Å². The molecule has 128 valence electrons. The molecular formula is C19H24N2O2S. The molecular weight excluding hydrogens is 320 g/mol. The lowest BCUT2D eigenvalue weighted by molar-refractivity contribution is -0.190. The van der Waals surface area contributed by atoms with E-state index in [1.54, 1.807) is 11.3 Å². The van der Waals surface area contributed by atoms with Gasteiger partial charge in [-0.15, -0.1) is 11.3 Å². The summed E-state index contributed by atoms with van der Waals surface area (Å²) in [5.41, 5.74) is 2.24. The summed E-state index contributed by atoms with van der Waals surface area (Å²) in [7, 11) is 0. The Morgan fingerprint density at radius 3 is 2.58 bits per heavy atom. The molecule has 2 atom stereocenters. The van der Waals surface area contributed by atoms with Crippen LogP contribution in [0.5, 0.6) is 0 Å². The van der Waals surface area contributed by atoms with Crippen LogP contribution in [0.4, 0.5) is 0 Å². The Kier molecular flexibility index (Phi) is 4.21. The molecule has 4 rings (SSSR count). The molecule has 1 saturated heterocycles. The molecule has 1 aliphatic carbocycles. The molecule has 4 nitrogen and oxygen atoms in total. The second kappa shape index (κ2) is 6.23. The summed E-state index contributed by atoms with van der Waals surface area (Å²) in [6, 6.07) is 8.36. The molecule has 0 amide bonds. The third-order valence-corrected chi connectivity index (χ3v) is 6.88. The SMILES string of the molecule is Cc1ccccc1-c1ncc(CN2CCC3(CC2)[C@H](O)C[C@@H]3O)s1. The third kappa shape index (κ3) is 2.69. The van der Waals surface area contributed by atoms with E-state index in [-0.39, 0.29) is 17.6 Å². The second-order valence-electron chi connectivity index (χ2n) is 7.22. The highest BCUT2D eigenvalue weighted by Crippen LogP contribution is 2.49. The molecule has 0 bridgehead atoms. The summed E-state index contributed by atoms with van der Waals surface area (Å²) >= 11 is 1.76. The van der Waals surface area contributed by atoms with Crippen LogP contribution < -0.4 is 0 Å². The molecule has 1 spiro atoms. The van der Waals surface area contributed by atoms with Crippen LogP contribution in [-0.4, -0.2) is 45.4 Å². The van der Waals surface area contributed by atoms with Crippen LogP contribution in [0.2, 0.25) is 0 Å². The summed E-state index contributed by atoms with van der Waals surface area (Å²) in [4.78, 5) is 8.30. The lowest BCUT2D eigenvalue weighted by atomic mass is 9.58. The zero-order valence-corrected chi connectivity index (χ0v) is 14.8. The number of rotatable bonds is 3. The zero-order valence-electron chi connectivity index (χ0n) is 14.0. The van der Waals surface area contributed by atoms with Crippen molar-refractivity contribution in [1.29, 1.82) is 0 Å². The minimum absolute atomic E-state index is 0.226. The van der Waals surface area contributed by atoms with Crippen molar-refractivity contribution in [1.82, 2.24) is 9.88 Å². The number of hydrogen-bond donors (Lipinski definition) is 2. The first-order chi connectivity index (χ1) is 11.6. The van der Waals surface area contributed by atoms with Crippen molar-refractivity contribution in [2.24, 2.45) is 5.41 Å². The van der Waals surface area contributed by atoms with E-state index in [2.05, 4.69) is 41.1 Å². The fourth-order valence-corrected chi connectivity index (χ4v) is 5.12. The quantitative estimate of drug-likeness (QED) is 0.899. The van der Waals surface area contributed by atoms with Gasteiger partial charge in [-0.1, -0.05) is 24.3 Å². The topological polar surface area (TPSA) is 56.6 Å². The van der Waals surface area contributed by atoms with E-state index >= 15 is 0 Å². The molecule has 2 heterocycles. The normalized spacial score (nSPS) is 26.5. The molecule has 1 aromatic heterocycles. The number of benzene rings is 1. The maximum Gasteiger partial charge on any atom is 0.123 e. The van der Waals surface area contributed by atoms with E-state index in [9.17, 15) is 10.2 Å². The smallest absolute Gasteiger partial charge is 0.123 e. The van der Waals surface area contributed by atoms with E-state index in [0.717, 1.165) is 37.5 Å². The van der Waals surface area contributed by atoms with E-state index in [1.165, 1.54) is 16.0 Å². The average molecular weight is 344 g/mol. The Morgan fingerprint density at radius 2 is 1.92 bits per heavy atom. The van der Waals surface area contributed by atoms with Crippen molar-refractivity contribution in [3.63, 3.8) is 0 Å². The average Bonchev–Trinajstić information content (AvgIpc) is 3.04. The molecule has 5 heteroatoms. The molecule has 24 heavy (non-hydrogen) atoms. The number of aliphatic hydroxyl groups is 2. The van der Waals surface area contributed by atoms with Gasteiger partial charge in [0.15, 0.2) is 0 Å². The second-order valence-corrected chi connectivity index (χ2v) is 8.34. The highest BCUT2D eigenvalue weighted by Gasteiger charge is 2.54. The first kappa shape index (κ1) is 16.2. The maximum absolute atomic E-state index is 10.0. The van der Waals surface area contributed by atoms with Gasteiger partial charge in [-0.05, 0) is 38.4 Å². The van der Waals surface area contributed by atoms with Crippen LogP contribution in [0.1, 0.15) is 29.7 Å². The summed E-state index contributed by atoms with van der Waals surface area (Å²) in [6.45, 7) is 4.90. The Balaban J connectivity index is 1.40. The number of hydrogen-bond acceptors (Lipinski definition) is 5. The number of aromatic nitrogens is 1. The first-order valence-electron chi connectivity index (χ1n) is 8.68. The van der Waals surface area contributed by atoms with Gasteiger partial charge in [0.05, 0.1) is 12.2 Å². The van der Waals surface area contributed by atoms with E-state index in [1.807, 2.05) is 6.20 Å². The zero-order chi connectivity index (χ0) is 16.7. The Morgan fingerprint density at radius 1 is 1.21 bits per heavy atom. The molecule has 0 radical (unpaired) electrons. The highest BCUT2D eigenvalue weighted by atomic mass is 32.1. The highest BCUT2D eigenvalue weighted by molar-refractivity contribution is 7.15. The van der Waals surface area contributed by atoms with Crippen molar-refractivity contribution >= 4 is 11.3 Å². The van der Waals surface area contributed by atoms with Gasteiger partial charge in [0, 0.05) is 35.0 Å². The predicted molar refractivity (Wildman–Crippen MR) is 95.9 cm³/mol. The van der Waals surface area contributed by atoms with Gasteiger partial charge < -0.3 is 10.2 Å². The number of thiazole rings is 1. The molecule has 2 fully saturated rings. The number of nitrogens with zero attached hydrogens (tertiary/aromatic N) is 2. The monoisotopic (exact) mass is 344 g/mol. The van der Waals surface area contributed by atoms with Crippen molar-refractivity contribution in [2.45, 2.75) is 44.9 Å². The van der Waals surface area contributed by atoms with Gasteiger partial charge in [0.2, 0.25) is 0 Å². The van der Waals surface area contributed by atoms with Gasteiger partial charge >= 0.3 is 0 Å². The largest absolute Gasteiger partial charge is 0.392 e. The van der Waals surface area contributed by atoms with Crippen LogP contribution in [0.15, 0.2) is 30.5 Å². The third-order valence-electron chi connectivity index (χ3n) is 5.87. The van der Waals surface area contributed by atoms with Crippen LogP contribution in [0, 0.1) is 12.3 Å². The van der Waals surface area contributed by atoms with Crippen LogP contribution in [-0.2, 0) is 6.54 Å².